The van der Waals surface area contributed by atoms with Crippen molar-refractivity contribution in [1.82, 2.24) is 9.78 Å². The van der Waals surface area contributed by atoms with E-state index in [4.69, 9.17) is 4.74 Å². The van der Waals surface area contributed by atoms with Gasteiger partial charge in [0.25, 0.3) is 11.5 Å². The first-order valence-corrected chi connectivity index (χ1v) is 10.3. The van der Waals surface area contributed by atoms with Crippen molar-refractivity contribution in [2.45, 2.75) is 13.5 Å². The van der Waals surface area contributed by atoms with Crippen molar-refractivity contribution in [3.8, 4) is 5.69 Å². The van der Waals surface area contributed by atoms with Crippen LogP contribution in [-0.2, 0) is 20.9 Å². The van der Waals surface area contributed by atoms with Crippen molar-refractivity contribution in [3.05, 3.63) is 100.0 Å². The third-order valence-corrected chi connectivity index (χ3v) is 5.05. The Kier molecular flexibility index (Phi) is 6.28. The van der Waals surface area contributed by atoms with Crippen LogP contribution in [0.3, 0.4) is 0 Å². The number of rotatable bonds is 7. The Bertz CT molecular complexity index is 1330. The number of nitrogens with one attached hydrogen (secondary N) is 1. The van der Waals surface area contributed by atoms with Crippen LogP contribution < -0.4 is 10.6 Å². The van der Waals surface area contributed by atoms with Gasteiger partial charge in [-0.05, 0) is 36.4 Å². The van der Waals surface area contributed by atoms with E-state index in [0.717, 1.165) is 0 Å². The van der Waals surface area contributed by atoms with E-state index in [-0.39, 0.29) is 29.2 Å². The lowest BCUT2D eigenvalue weighted by Crippen LogP contribution is -2.21. The molecule has 0 radical (unpaired) electrons. The molecule has 8 nitrogen and oxygen atoms in total. The lowest BCUT2D eigenvalue weighted by Gasteiger charge is -2.10. The highest BCUT2D eigenvalue weighted by Crippen LogP contribution is 2.24. The van der Waals surface area contributed by atoms with Crippen molar-refractivity contribution >= 4 is 29.2 Å². The Labute approximate surface area is 190 Å². The summed E-state index contributed by atoms with van der Waals surface area (Å²) in [4.78, 5) is 38.1. The van der Waals surface area contributed by atoms with Gasteiger partial charge in [0.2, 0.25) is 0 Å². The zero-order chi connectivity index (χ0) is 23.4. The highest BCUT2D eigenvalue weighted by Gasteiger charge is 2.32. The first-order valence-electron chi connectivity index (χ1n) is 10.3. The number of carbonyl (C=O) groups is 2. The molecule has 33 heavy (non-hydrogen) atoms. The number of hydrazone groups is 1. The topological polar surface area (TPSA) is 96.8 Å². The van der Waals surface area contributed by atoms with Gasteiger partial charge >= 0.3 is 0 Å². The van der Waals surface area contributed by atoms with E-state index in [2.05, 4.69) is 10.2 Å². The molecule has 1 amide bonds. The molecular formula is C25H22N4O4. The highest BCUT2D eigenvalue weighted by atomic mass is 16.5. The number of anilines is 1. The minimum absolute atomic E-state index is 0.0707. The molecule has 0 spiro atoms. The van der Waals surface area contributed by atoms with Gasteiger partial charge in [-0.15, -0.1) is 0 Å². The van der Waals surface area contributed by atoms with E-state index in [1.54, 1.807) is 43.5 Å². The minimum atomic E-state index is -0.413. The number of nitrogens with zero attached hydrogens (tertiary/aromatic N) is 3. The lowest BCUT2D eigenvalue weighted by atomic mass is 10.1. The smallest absolute Gasteiger partial charge is 0.281 e. The van der Waals surface area contributed by atoms with Gasteiger partial charge < -0.3 is 4.74 Å². The largest absolute Gasteiger partial charge is 0.378 e. The van der Waals surface area contributed by atoms with Gasteiger partial charge in [0, 0.05) is 14.0 Å². The average Bonchev–Trinajstić information content (AvgIpc) is 3.32. The predicted molar refractivity (Wildman–Crippen MR) is 126 cm³/mol. The summed E-state index contributed by atoms with van der Waals surface area (Å²) in [6, 6.07) is 18.0. The van der Waals surface area contributed by atoms with Crippen LogP contribution in [0.4, 0.5) is 5.69 Å². The number of aromatic amines is 1. The highest BCUT2D eigenvalue weighted by molar-refractivity contribution is 6.54. The van der Waals surface area contributed by atoms with Crippen molar-refractivity contribution in [2.24, 2.45) is 5.10 Å². The van der Waals surface area contributed by atoms with Crippen LogP contribution in [0.25, 0.3) is 11.8 Å². The molecule has 0 fully saturated rings. The summed E-state index contributed by atoms with van der Waals surface area (Å²) in [5.41, 5.74) is 2.21. The molecule has 2 aromatic carbocycles. The van der Waals surface area contributed by atoms with Crippen LogP contribution in [0, 0.1) is 0 Å². The van der Waals surface area contributed by atoms with E-state index in [9.17, 15) is 14.4 Å². The number of aromatic nitrogens is 2. The second-order valence-electron chi connectivity index (χ2n) is 7.31. The number of para-hydroxylation sites is 2. The van der Waals surface area contributed by atoms with Crippen LogP contribution in [0.5, 0.6) is 0 Å². The number of hydrogen-bond donors (Lipinski definition) is 1. The number of benzene rings is 2. The maximum absolute atomic E-state index is 13.0. The molecule has 1 aliphatic heterocycles. The van der Waals surface area contributed by atoms with E-state index in [1.807, 2.05) is 36.4 Å². The predicted octanol–water partition coefficient (Wildman–Crippen LogP) is 3.24. The van der Waals surface area contributed by atoms with Gasteiger partial charge in [0.1, 0.15) is 5.71 Å². The Morgan fingerprint density at radius 1 is 1.03 bits per heavy atom. The lowest BCUT2D eigenvalue weighted by molar-refractivity contribution is -0.115. The maximum Gasteiger partial charge on any atom is 0.281 e. The molecule has 4 rings (SSSR count). The molecule has 1 aliphatic rings. The summed E-state index contributed by atoms with van der Waals surface area (Å²) in [5, 5.41) is 8.48. The molecule has 8 heteroatoms. The fourth-order valence-electron chi connectivity index (χ4n) is 3.49. The zero-order valence-corrected chi connectivity index (χ0v) is 18.2. The molecular weight excluding hydrogens is 420 g/mol. The maximum atomic E-state index is 13.0. The number of methoxy groups -OCH3 is 1. The van der Waals surface area contributed by atoms with E-state index < -0.39 is 5.91 Å². The molecule has 0 bridgehead atoms. The fraction of sp³-hybridized carbons (Fsp3) is 0.120. The van der Waals surface area contributed by atoms with Crippen LogP contribution in [-0.4, -0.2) is 34.3 Å². The summed E-state index contributed by atoms with van der Waals surface area (Å²) in [5.74, 6) is -0.737. The Balaban J connectivity index is 1.69. The number of carbonyl (C=O) groups excluding carboxylic acids is 2. The molecule has 0 saturated carbocycles. The molecule has 0 saturated heterocycles. The normalized spacial score (nSPS) is 15.0. The standard InChI is InChI=1S/C25H22N4O4/c1-17(30)23-21(25(32)29(27-23)19-12-7-4-8-13-19)15-9-14-20-22(16-33-2)26-28(24(20)31)18-10-5-3-6-11-18/h3-15,26H,16H2,1-2H3/b14-9+,21-15-. The van der Waals surface area contributed by atoms with E-state index >= 15 is 0 Å². The number of Topliss-reactive ketones (excluding diaryl/α,β-unsaturated/α-hetero) is 1. The number of allylic oxidation sites excluding steroid dienone is 2. The first-order chi connectivity index (χ1) is 16.0. The van der Waals surface area contributed by atoms with Gasteiger partial charge in [0.15, 0.2) is 5.78 Å². The second kappa shape index (κ2) is 9.46. The molecule has 0 atom stereocenters. The number of ether oxygens (including phenoxy) is 1. The molecule has 1 aromatic heterocycles. The summed E-state index contributed by atoms with van der Waals surface area (Å²) in [7, 11) is 1.54. The molecule has 0 unspecified atom stereocenters. The number of H-pyrrole nitrogens is 1. The molecule has 3 aromatic rings. The molecule has 1 N–H and O–H groups in total. The third kappa shape index (κ3) is 4.37. The summed E-state index contributed by atoms with van der Waals surface area (Å²) in [6.07, 6.45) is 4.66. The number of hydrogen-bond acceptors (Lipinski definition) is 5. The van der Waals surface area contributed by atoms with Gasteiger partial charge in [-0.25, -0.2) is 4.68 Å². The van der Waals surface area contributed by atoms with Crippen LogP contribution >= 0.6 is 0 Å². The average molecular weight is 442 g/mol. The fourth-order valence-corrected chi connectivity index (χ4v) is 3.49. The quantitative estimate of drug-likeness (QED) is 0.568. The van der Waals surface area contributed by atoms with Crippen LogP contribution in [0.1, 0.15) is 18.2 Å². The van der Waals surface area contributed by atoms with Gasteiger partial charge in [-0.3, -0.25) is 19.5 Å². The minimum Gasteiger partial charge on any atom is -0.378 e. The summed E-state index contributed by atoms with van der Waals surface area (Å²) >= 11 is 0. The number of ketones is 1. The second-order valence-corrected chi connectivity index (χ2v) is 7.31. The van der Waals surface area contributed by atoms with Crippen molar-refractivity contribution < 1.29 is 14.3 Å². The van der Waals surface area contributed by atoms with E-state index in [0.29, 0.717) is 22.6 Å². The van der Waals surface area contributed by atoms with Crippen LogP contribution in [0.15, 0.2) is 88.3 Å². The third-order valence-electron chi connectivity index (χ3n) is 5.05. The Hall–Kier alpha value is -4.30. The first kappa shape index (κ1) is 21.9. The van der Waals surface area contributed by atoms with Crippen LogP contribution in [0.2, 0.25) is 0 Å². The monoisotopic (exact) mass is 442 g/mol. The summed E-state index contributed by atoms with van der Waals surface area (Å²) < 4.78 is 6.66. The van der Waals surface area contributed by atoms with E-state index in [1.165, 1.54) is 22.7 Å². The number of amides is 1. The van der Waals surface area contributed by atoms with Crippen molar-refractivity contribution in [1.29, 1.82) is 0 Å². The van der Waals surface area contributed by atoms with Crippen molar-refractivity contribution in [3.63, 3.8) is 0 Å². The SMILES string of the molecule is COCc1[nH]n(-c2ccccc2)c(=O)c1/C=C/C=C1\C(=O)N(c2ccccc2)N=C1C(C)=O. The van der Waals surface area contributed by atoms with Gasteiger partial charge in [-0.2, -0.15) is 10.1 Å². The molecule has 166 valence electrons. The molecule has 2 heterocycles. The Morgan fingerprint density at radius 3 is 2.27 bits per heavy atom. The molecule has 0 aliphatic carbocycles. The summed E-state index contributed by atoms with van der Waals surface area (Å²) in [6.45, 7) is 1.56. The van der Waals surface area contributed by atoms with Gasteiger partial charge in [0.05, 0.1) is 34.8 Å². The van der Waals surface area contributed by atoms with Crippen molar-refractivity contribution in [2.75, 3.05) is 12.1 Å². The van der Waals surface area contributed by atoms with Gasteiger partial charge in [-0.1, -0.05) is 42.5 Å². The Morgan fingerprint density at radius 2 is 1.67 bits per heavy atom. The zero-order valence-electron chi connectivity index (χ0n) is 18.2.